The summed E-state index contributed by atoms with van der Waals surface area (Å²) in [6, 6.07) is 17.1. The molecule has 0 bridgehead atoms. The van der Waals surface area contributed by atoms with E-state index in [0.717, 1.165) is 78.3 Å². The third kappa shape index (κ3) is 54.3. The first-order valence-corrected chi connectivity index (χ1v) is 49.5. The van der Waals surface area contributed by atoms with Gasteiger partial charge in [0.05, 0.1) is 13.2 Å². The Bertz CT molecular complexity index is 2590. The van der Waals surface area contributed by atoms with Gasteiger partial charge in [-0.2, -0.15) is 0 Å². The largest absolute Gasteiger partial charge is 0.381 e. The molecule has 2 nitrogen and oxygen atoms in total. The minimum Gasteiger partial charge on any atom is -0.381 e. The predicted octanol–water partition coefficient (Wildman–Crippen LogP) is 40.7. The number of ether oxygens (including phenoxy) is 1. The maximum atomic E-state index is 5.31. The molecule has 2 aromatic rings. The highest BCUT2D eigenvalue weighted by atomic mass is 16.5. The highest BCUT2D eigenvalue weighted by Crippen LogP contribution is 2.56. The molecule has 729 valence electrons. The van der Waals surface area contributed by atoms with Gasteiger partial charge in [-0.3, -0.25) is 4.98 Å². The molecule has 122 heavy (non-hydrogen) atoms. The standard InChI is InChI=1S/C15H24.C14H23N.C13H26.C12H24O.C12H24.2C11H24.3C10H22.CH4.B/c1-14(2,3)13(15(4,5)6)12-10-8-7-9-11-12;1-13(2,3)12(14(4,5)6)11-9-7-8-10-15-11;1-12(2,3)11(13(4,5)6)10-8-7-9-10;1-11(2,3)10(12(4,5)6)9-7-13-8-9;1-11(2,3)10(9-7-8-9)12(4,5)6;2*1-8-9(10(2,3)4)11(5,6)7;3*1-8(9(2,3)4)10(5,6)7;;/h7-11,13H,1-6H3;7-10,12H,1-6H3;10-11H,7-9H2,1-6H3;9-10H,7-8H2,1-6H3;9-10H,7-8H2,1-6H3;2*9H,8H2,1-7H3;3*8H,1-7H3;1H4;. The summed E-state index contributed by atoms with van der Waals surface area (Å²) in [6.45, 7) is 154. The van der Waals surface area contributed by atoms with E-state index < -0.39 is 0 Å². The summed E-state index contributed by atoms with van der Waals surface area (Å²) in [5.41, 5.74) is 10.9. The van der Waals surface area contributed by atoms with Crippen molar-refractivity contribution in [2.75, 3.05) is 13.2 Å². The lowest BCUT2D eigenvalue weighted by atomic mass is 9.56. The van der Waals surface area contributed by atoms with Crippen LogP contribution < -0.4 is 0 Å². The second-order valence-electron chi connectivity index (χ2n) is 60.7. The number of hydrogen-bond donors (Lipinski definition) is 0. The molecule has 0 atom stereocenters. The average molecular weight is 1710 g/mol. The van der Waals surface area contributed by atoms with Crippen LogP contribution in [-0.2, 0) is 4.74 Å². The summed E-state index contributed by atoms with van der Waals surface area (Å²) in [6.07, 6.45) is 11.8. The van der Waals surface area contributed by atoms with Crippen molar-refractivity contribution in [3.8, 4) is 0 Å². The van der Waals surface area contributed by atoms with Crippen LogP contribution in [0.5, 0.6) is 0 Å². The molecule has 5 rings (SSSR count). The van der Waals surface area contributed by atoms with Gasteiger partial charge in [0, 0.05) is 32.1 Å². The van der Waals surface area contributed by atoms with Crippen LogP contribution in [-0.4, -0.2) is 26.6 Å². The van der Waals surface area contributed by atoms with Crippen molar-refractivity contribution in [1.82, 2.24) is 4.98 Å². The minimum atomic E-state index is 0. The number of benzene rings is 1. The first-order chi connectivity index (χ1) is 52.0. The summed E-state index contributed by atoms with van der Waals surface area (Å²) >= 11 is 0. The van der Waals surface area contributed by atoms with Crippen molar-refractivity contribution in [2.24, 2.45) is 173 Å². The summed E-state index contributed by atoms with van der Waals surface area (Å²) in [5, 5.41) is 0. The Morgan fingerprint density at radius 1 is 0.262 bits per heavy atom. The van der Waals surface area contributed by atoms with E-state index in [9.17, 15) is 0 Å². The van der Waals surface area contributed by atoms with Gasteiger partial charge >= 0.3 is 0 Å². The molecule has 1 saturated heterocycles. The Labute approximate surface area is 780 Å². The zero-order valence-corrected chi connectivity index (χ0v) is 96.5. The molecule has 1 aromatic carbocycles. The lowest BCUT2D eigenvalue weighted by Gasteiger charge is -2.49. The Hall–Kier alpha value is -1.61. The molecule has 3 radical (unpaired) electrons. The van der Waals surface area contributed by atoms with Crippen LogP contribution in [0.15, 0.2) is 54.7 Å². The smallest absolute Gasteiger partial charge is 0.0519 e. The average Bonchev–Trinajstić information content (AvgIpc) is 1.31. The van der Waals surface area contributed by atoms with Crippen LogP contribution in [0.1, 0.15) is 526 Å². The highest BCUT2D eigenvalue weighted by Gasteiger charge is 2.47. The molecule has 3 aliphatic rings. The fourth-order valence-corrected chi connectivity index (χ4v) is 24.4. The van der Waals surface area contributed by atoms with Crippen LogP contribution in [0.3, 0.4) is 0 Å². The first kappa shape index (κ1) is 133. The molecule has 3 fully saturated rings. The molecular formula is C119H239BNO. The van der Waals surface area contributed by atoms with Crippen molar-refractivity contribution < 1.29 is 4.74 Å². The van der Waals surface area contributed by atoms with Crippen LogP contribution in [0.4, 0.5) is 0 Å². The Kier molecular flexibility index (Phi) is 54.4. The molecule has 2 heterocycles. The van der Waals surface area contributed by atoms with Crippen LogP contribution >= 0.6 is 0 Å². The summed E-state index contributed by atoms with van der Waals surface area (Å²) in [7, 11) is 0. The maximum Gasteiger partial charge on any atom is 0.0519 e. The van der Waals surface area contributed by atoms with E-state index >= 15 is 0 Å². The van der Waals surface area contributed by atoms with Crippen molar-refractivity contribution in [3.63, 3.8) is 0 Å². The van der Waals surface area contributed by atoms with E-state index in [0.29, 0.717) is 109 Å². The van der Waals surface area contributed by atoms with E-state index in [-0.39, 0.29) is 26.7 Å². The van der Waals surface area contributed by atoms with Gasteiger partial charge in [-0.05, 0) is 204 Å². The van der Waals surface area contributed by atoms with Gasteiger partial charge in [0.15, 0.2) is 0 Å². The normalized spacial score (nSPS) is 15.7. The molecule has 0 N–H and O–H groups in total. The fraction of sp³-hybridized carbons (Fsp3) is 0.908. The number of aromatic nitrogens is 1. The van der Waals surface area contributed by atoms with Crippen LogP contribution in [0, 0.1) is 173 Å². The van der Waals surface area contributed by atoms with E-state index in [2.05, 4.69) is 497 Å². The Balaban J connectivity index is -0.000000241. The molecule has 0 amide bonds. The lowest BCUT2D eigenvalue weighted by molar-refractivity contribution is -0.115. The van der Waals surface area contributed by atoms with E-state index in [1.165, 1.54) is 56.2 Å². The SMILES string of the molecule is C.CC(C(C)(C)C)C(C)(C)C.CC(C(C)(C)C)C(C)(C)C.CC(C(C)(C)C)C(C)(C)C.CC(C)(C)C(C1CC1)C(C)(C)C.CC(C)(C)C(C1CCC1)C(C)(C)C.CC(C)(C)C(C1COC1)C(C)(C)C.CC(C)(C)C(c1ccccc1)C(C)(C)C.CC(C)(C)C(c1ccccn1)C(C)(C)C.CCC(C(C)(C)C)C(C)(C)C.CCC(C(C)(C)C)C(C)(C)C.[B]. The zero-order chi connectivity index (χ0) is 97.8. The second-order valence-corrected chi connectivity index (χ2v) is 60.7. The number of hydrogen-bond acceptors (Lipinski definition) is 2. The van der Waals surface area contributed by atoms with E-state index in [1.807, 2.05) is 12.3 Å². The van der Waals surface area contributed by atoms with Crippen molar-refractivity contribution in [1.29, 1.82) is 0 Å². The van der Waals surface area contributed by atoms with Gasteiger partial charge < -0.3 is 4.74 Å². The lowest BCUT2D eigenvalue weighted by Crippen LogP contribution is -2.46. The van der Waals surface area contributed by atoms with Gasteiger partial charge in [0.25, 0.3) is 0 Å². The highest BCUT2D eigenvalue weighted by molar-refractivity contribution is 5.75. The minimum absolute atomic E-state index is 0. The quantitative estimate of drug-likeness (QED) is 0.258. The maximum absolute atomic E-state index is 5.31. The first-order valence-electron chi connectivity index (χ1n) is 49.5. The number of nitrogens with zero attached hydrogens (tertiary/aromatic N) is 1. The fourth-order valence-electron chi connectivity index (χ4n) is 24.4. The summed E-state index contributed by atoms with van der Waals surface area (Å²) in [5.74, 6) is 10.3. The number of pyridine rings is 1. The molecule has 2 saturated carbocycles. The summed E-state index contributed by atoms with van der Waals surface area (Å²) in [4.78, 5) is 4.51. The van der Waals surface area contributed by atoms with Crippen LogP contribution in [0.25, 0.3) is 0 Å². The third-order valence-electron chi connectivity index (χ3n) is 27.8. The van der Waals surface area contributed by atoms with Gasteiger partial charge in [-0.25, -0.2) is 0 Å². The van der Waals surface area contributed by atoms with Crippen molar-refractivity contribution in [2.45, 2.75) is 514 Å². The molecule has 3 heteroatoms. The Morgan fingerprint density at radius 3 is 0.574 bits per heavy atom. The topological polar surface area (TPSA) is 22.1 Å². The zero-order valence-electron chi connectivity index (χ0n) is 96.5. The van der Waals surface area contributed by atoms with Gasteiger partial charge in [0.1, 0.15) is 0 Å². The molecule has 0 spiro atoms. The van der Waals surface area contributed by atoms with Crippen LogP contribution in [0.2, 0.25) is 0 Å². The molecule has 1 aromatic heterocycles. The molecule has 1 aliphatic heterocycles. The van der Waals surface area contributed by atoms with Gasteiger partial charge in [0.2, 0.25) is 0 Å². The Morgan fingerprint density at radius 2 is 0.475 bits per heavy atom. The van der Waals surface area contributed by atoms with E-state index in [1.54, 1.807) is 0 Å². The molecule has 2 aliphatic carbocycles. The summed E-state index contributed by atoms with van der Waals surface area (Å²) < 4.78 is 5.31. The van der Waals surface area contributed by atoms with Gasteiger partial charge in [-0.15, -0.1) is 0 Å². The van der Waals surface area contributed by atoms with Crippen molar-refractivity contribution >= 4 is 8.41 Å². The number of rotatable bonds is 7. The van der Waals surface area contributed by atoms with Gasteiger partial charge in [-0.1, -0.05) is 526 Å². The van der Waals surface area contributed by atoms with E-state index in [4.69, 9.17) is 4.74 Å². The molecule has 0 unspecified atom stereocenters. The molecular weight excluding hydrogens is 1470 g/mol. The predicted molar refractivity (Wildman–Crippen MR) is 568 cm³/mol. The monoisotopic (exact) mass is 1710 g/mol. The van der Waals surface area contributed by atoms with Crippen molar-refractivity contribution in [3.05, 3.63) is 66.0 Å². The third-order valence-corrected chi connectivity index (χ3v) is 27.8. The second kappa shape index (κ2) is 49.8.